The molecular weight excluding hydrogens is 252 g/mol. The van der Waals surface area contributed by atoms with Crippen molar-refractivity contribution in [3.63, 3.8) is 0 Å². The van der Waals surface area contributed by atoms with Gasteiger partial charge in [0.25, 0.3) is 0 Å². The maximum atomic E-state index is 5.82. The standard InChI is InChI=1S/C13H13ClN2O2/c1-17-13-9(3-2-6-16-13)8-18-12-5-4-10(14)7-11(12)15/h2-7H,8,15H2,1H3. The van der Waals surface area contributed by atoms with Crippen LogP contribution in [0.15, 0.2) is 36.5 Å². The topological polar surface area (TPSA) is 57.4 Å². The smallest absolute Gasteiger partial charge is 0.219 e. The molecule has 0 aliphatic rings. The molecule has 1 aromatic heterocycles. The summed E-state index contributed by atoms with van der Waals surface area (Å²) >= 11 is 5.82. The zero-order valence-corrected chi connectivity index (χ0v) is 10.6. The highest BCUT2D eigenvalue weighted by Gasteiger charge is 2.06. The van der Waals surface area contributed by atoms with Crippen molar-refractivity contribution in [2.45, 2.75) is 6.61 Å². The average Bonchev–Trinajstić information content (AvgIpc) is 2.38. The van der Waals surface area contributed by atoms with Crippen LogP contribution in [0.3, 0.4) is 0 Å². The van der Waals surface area contributed by atoms with Crippen molar-refractivity contribution < 1.29 is 9.47 Å². The average molecular weight is 265 g/mol. The Bertz CT molecular complexity index is 546. The lowest BCUT2D eigenvalue weighted by Crippen LogP contribution is -2.01. The molecule has 0 saturated heterocycles. The van der Waals surface area contributed by atoms with Gasteiger partial charge in [0.15, 0.2) is 0 Å². The summed E-state index contributed by atoms with van der Waals surface area (Å²) in [7, 11) is 1.57. The van der Waals surface area contributed by atoms with Gasteiger partial charge in [0.1, 0.15) is 12.4 Å². The van der Waals surface area contributed by atoms with E-state index in [0.29, 0.717) is 28.9 Å². The first kappa shape index (κ1) is 12.5. The molecular formula is C13H13ClN2O2. The highest BCUT2D eigenvalue weighted by molar-refractivity contribution is 6.30. The van der Waals surface area contributed by atoms with E-state index in [4.69, 9.17) is 26.8 Å². The number of hydrogen-bond acceptors (Lipinski definition) is 4. The summed E-state index contributed by atoms with van der Waals surface area (Å²) in [6.45, 7) is 0.336. The Morgan fingerprint density at radius 3 is 2.89 bits per heavy atom. The molecule has 1 aromatic carbocycles. The van der Waals surface area contributed by atoms with Crippen LogP contribution in [0.4, 0.5) is 5.69 Å². The van der Waals surface area contributed by atoms with Crippen LogP contribution in [-0.4, -0.2) is 12.1 Å². The van der Waals surface area contributed by atoms with Crippen molar-refractivity contribution in [1.82, 2.24) is 4.98 Å². The lowest BCUT2D eigenvalue weighted by molar-refractivity contribution is 0.295. The number of pyridine rings is 1. The number of nitrogen functional groups attached to an aromatic ring is 1. The number of aromatic nitrogens is 1. The molecule has 1 heterocycles. The number of methoxy groups -OCH3 is 1. The minimum atomic E-state index is 0.336. The van der Waals surface area contributed by atoms with Gasteiger partial charge in [0.05, 0.1) is 18.4 Å². The van der Waals surface area contributed by atoms with Crippen LogP contribution >= 0.6 is 11.6 Å². The fourth-order valence-corrected chi connectivity index (χ4v) is 1.70. The fourth-order valence-electron chi connectivity index (χ4n) is 1.52. The second-order valence-corrected chi connectivity index (χ2v) is 4.08. The highest BCUT2D eigenvalue weighted by atomic mass is 35.5. The molecule has 2 rings (SSSR count). The van der Waals surface area contributed by atoms with E-state index in [1.54, 1.807) is 31.5 Å². The van der Waals surface area contributed by atoms with Crippen LogP contribution in [0.2, 0.25) is 5.02 Å². The molecule has 4 nitrogen and oxygen atoms in total. The van der Waals surface area contributed by atoms with E-state index < -0.39 is 0 Å². The molecule has 0 unspecified atom stereocenters. The number of ether oxygens (including phenoxy) is 2. The van der Waals surface area contributed by atoms with Crippen LogP contribution in [-0.2, 0) is 6.61 Å². The minimum absolute atomic E-state index is 0.336. The van der Waals surface area contributed by atoms with Gasteiger partial charge in [-0.25, -0.2) is 4.98 Å². The van der Waals surface area contributed by atoms with Gasteiger partial charge in [0.2, 0.25) is 5.88 Å². The summed E-state index contributed by atoms with van der Waals surface area (Å²) in [6, 6.07) is 8.83. The Kier molecular flexibility index (Phi) is 3.89. The summed E-state index contributed by atoms with van der Waals surface area (Å²) in [5.41, 5.74) is 7.16. The molecule has 2 N–H and O–H groups in total. The molecule has 18 heavy (non-hydrogen) atoms. The third-order valence-electron chi connectivity index (χ3n) is 2.40. The van der Waals surface area contributed by atoms with Crippen LogP contribution in [0, 0.1) is 0 Å². The molecule has 0 aliphatic carbocycles. The van der Waals surface area contributed by atoms with Crippen LogP contribution in [0.5, 0.6) is 11.6 Å². The number of anilines is 1. The second kappa shape index (κ2) is 5.60. The molecule has 0 fully saturated rings. The Labute approximate surface area is 110 Å². The van der Waals surface area contributed by atoms with Gasteiger partial charge in [-0.3, -0.25) is 0 Å². The predicted octanol–water partition coefficient (Wildman–Crippen LogP) is 2.90. The van der Waals surface area contributed by atoms with Crippen molar-refractivity contribution in [2.75, 3.05) is 12.8 Å². The highest BCUT2D eigenvalue weighted by Crippen LogP contribution is 2.26. The normalized spacial score (nSPS) is 10.1. The first-order chi connectivity index (χ1) is 8.70. The van der Waals surface area contributed by atoms with Crippen molar-refractivity contribution in [1.29, 1.82) is 0 Å². The Morgan fingerprint density at radius 2 is 2.17 bits per heavy atom. The SMILES string of the molecule is COc1ncccc1COc1ccc(Cl)cc1N. The molecule has 5 heteroatoms. The summed E-state index contributed by atoms with van der Waals surface area (Å²) < 4.78 is 10.8. The summed E-state index contributed by atoms with van der Waals surface area (Å²) in [4.78, 5) is 4.09. The van der Waals surface area contributed by atoms with Gasteiger partial charge in [-0.2, -0.15) is 0 Å². The molecule has 0 amide bonds. The number of hydrogen-bond donors (Lipinski definition) is 1. The monoisotopic (exact) mass is 264 g/mol. The number of halogens is 1. The van der Waals surface area contributed by atoms with E-state index in [1.807, 2.05) is 12.1 Å². The number of benzene rings is 1. The molecule has 0 aliphatic heterocycles. The van der Waals surface area contributed by atoms with Crippen molar-refractivity contribution in [3.05, 3.63) is 47.1 Å². The quantitative estimate of drug-likeness (QED) is 0.863. The van der Waals surface area contributed by atoms with Crippen molar-refractivity contribution >= 4 is 17.3 Å². The van der Waals surface area contributed by atoms with E-state index in [-0.39, 0.29) is 0 Å². The molecule has 2 aromatic rings. The van der Waals surface area contributed by atoms with E-state index in [2.05, 4.69) is 4.98 Å². The van der Waals surface area contributed by atoms with Crippen LogP contribution in [0.25, 0.3) is 0 Å². The van der Waals surface area contributed by atoms with Gasteiger partial charge < -0.3 is 15.2 Å². The maximum absolute atomic E-state index is 5.82. The van der Waals surface area contributed by atoms with Gasteiger partial charge >= 0.3 is 0 Å². The van der Waals surface area contributed by atoms with Crippen molar-refractivity contribution in [3.8, 4) is 11.6 Å². The van der Waals surface area contributed by atoms with E-state index in [9.17, 15) is 0 Å². The zero-order valence-electron chi connectivity index (χ0n) is 9.89. The summed E-state index contributed by atoms with van der Waals surface area (Å²) in [6.07, 6.45) is 1.67. The number of nitrogens with two attached hydrogens (primary N) is 1. The molecule has 0 bridgehead atoms. The first-order valence-electron chi connectivity index (χ1n) is 5.36. The summed E-state index contributed by atoms with van der Waals surface area (Å²) in [5.74, 6) is 1.13. The first-order valence-corrected chi connectivity index (χ1v) is 5.74. The minimum Gasteiger partial charge on any atom is -0.487 e. The molecule has 0 atom stereocenters. The van der Waals surface area contributed by atoms with Gasteiger partial charge in [-0.1, -0.05) is 11.6 Å². The van der Waals surface area contributed by atoms with E-state index in [1.165, 1.54) is 0 Å². The van der Waals surface area contributed by atoms with Crippen molar-refractivity contribution in [2.24, 2.45) is 0 Å². The summed E-state index contributed by atoms with van der Waals surface area (Å²) in [5, 5.41) is 0.582. The molecule has 0 spiro atoms. The van der Waals surface area contributed by atoms with E-state index in [0.717, 1.165) is 5.56 Å². The third kappa shape index (κ3) is 2.84. The lowest BCUT2D eigenvalue weighted by Gasteiger charge is -2.10. The maximum Gasteiger partial charge on any atom is 0.219 e. The van der Waals surface area contributed by atoms with E-state index >= 15 is 0 Å². The van der Waals surface area contributed by atoms with Crippen LogP contribution in [0.1, 0.15) is 5.56 Å². The molecule has 0 radical (unpaired) electrons. The number of nitrogens with zero attached hydrogens (tertiary/aromatic N) is 1. The Morgan fingerprint density at radius 1 is 1.33 bits per heavy atom. The lowest BCUT2D eigenvalue weighted by atomic mass is 10.2. The zero-order chi connectivity index (χ0) is 13.0. The Hall–Kier alpha value is -1.94. The third-order valence-corrected chi connectivity index (χ3v) is 2.63. The van der Waals surface area contributed by atoms with Gasteiger partial charge in [-0.15, -0.1) is 0 Å². The predicted molar refractivity (Wildman–Crippen MR) is 71.0 cm³/mol. The Balaban J connectivity index is 2.11. The molecule has 94 valence electrons. The molecule has 0 saturated carbocycles. The van der Waals surface area contributed by atoms with Gasteiger partial charge in [0, 0.05) is 11.2 Å². The largest absolute Gasteiger partial charge is 0.487 e. The second-order valence-electron chi connectivity index (χ2n) is 3.64. The van der Waals surface area contributed by atoms with Crippen LogP contribution < -0.4 is 15.2 Å². The number of rotatable bonds is 4. The van der Waals surface area contributed by atoms with Gasteiger partial charge in [-0.05, 0) is 30.3 Å². The fraction of sp³-hybridized carbons (Fsp3) is 0.154.